The third-order valence-electron chi connectivity index (χ3n) is 4.98. The largest absolute Gasteiger partial charge is 0.366 e. The number of carbonyl (C=O) groups excluding carboxylic acids is 1. The Balaban J connectivity index is 2.02. The van der Waals surface area contributed by atoms with E-state index in [9.17, 15) is 4.79 Å². The first-order chi connectivity index (χ1) is 14.2. The van der Waals surface area contributed by atoms with Gasteiger partial charge >= 0.3 is 0 Å². The smallest absolute Gasteiger partial charge is 0.241 e. The molecule has 0 atom stereocenters. The van der Waals surface area contributed by atoms with Crippen molar-refractivity contribution in [2.75, 3.05) is 0 Å². The molecule has 0 radical (unpaired) electrons. The molecule has 4 nitrogen and oxygen atoms in total. The molecule has 0 saturated carbocycles. The monoisotopic (exact) mass is 379 g/mol. The molecule has 0 fully saturated rings. The van der Waals surface area contributed by atoms with Crippen LogP contribution in [-0.4, -0.2) is 15.5 Å². The maximum Gasteiger partial charge on any atom is 0.241 e. The molecule has 0 saturated heterocycles. The summed E-state index contributed by atoms with van der Waals surface area (Å²) in [5, 5.41) is 0. The molecular formula is C25H21N3O. The lowest BCUT2D eigenvalue weighted by Crippen LogP contribution is -2.36. The number of hydrogen-bond donors (Lipinski definition) is 1. The topological polar surface area (TPSA) is 60.9 Å². The van der Waals surface area contributed by atoms with Gasteiger partial charge in [0.2, 0.25) is 5.91 Å². The van der Waals surface area contributed by atoms with E-state index in [-0.39, 0.29) is 0 Å². The lowest BCUT2D eigenvalue weighted by molar-refractivity contribution is -0.113. The number of imidazole rings is 1. The van der Waals surface area contributed by atoms with Crippen molar-refractivity contribution in [1.82, 2.24) is 9.55 Å². The Labute approximate surface area is 170 Å². The van der Waals surface area contributed by atoms with Gasteiger partial charge in [0, 0.05) is 12.3 Å². The standard InChI is InChI=1S/C25H21N3O/c26-24(29)17-16-23-18-28(19-27-23)25(20-10-4-1-5-11-20,21-12-6-2-7-13-21)22-14-8-3-9-15-22/h1-19H,(H2,26,29)/b17-16-. The van der Waals surface area contributed by atoms with E-state index < -0.39 is 11.4 Å². The minimum Gasteiger partial charge on any atom is -0.366 e. The maximum atomic E-state index is 11.1. The molecule has 2 N–H and O–H groups in total. The molecule has 29 heavy (non-hydrogen) atoms. The van der Waals surface area contributed by atoms with Crippen LogP contribution in [0.4, 0.5) is 0 Å². The molecule has 4 heteroatoms. The number of primary amides is 1. The van der Waals surface area contributed by atoms with Crippen LogP contribution in [0, 0.1) is 0 Å². The molecule has 4 rings (SSSR count). The van der Waals surface area contributed by atoms with E-state index in [2.05, 4.69) is 45.9 Å². The summed E-state index contributed by atoms with van der Waals surface area (Å²) in [6, 6.07) is 31.0. The van der Waals surface area contributed by atoms with Crippen LogP contribution in [0.1, 0.15) is 22.4 Å². The van der Waals surface area contributed by atoms with Crippen LogP contribution in [0.25, 0.3) is 6.08 Å². The van der Waals surface area contributed by atoms with E-state index in [0.717, 1.165) is 16.7 Å². The van der Waals surface area contributed by atoms with Gasteiger partial charge in [0.25, 0.3) is 0 Å². The number of benzene rings is 3. The Morgan fingerprint density at radius 2 is 1.24 bits per heavy atom. The van der Waals surface area contributed by atoms with Gasteiger partial charge in [0.15, 0.2) is 0 Å². The van der Waals surface area contributed by atoms with Gasteiger partial charge in [0.05, 0.1) is 12.0 Å². The van der Waals surface area contributed by atoms with Crippen LogP contribution in [0.3, 0.4) is 0 Å². The Morgan fingerprint density at radius 1 is 0.793 bits per heavy atom. The molecule has 0 unspecified atom stereocenters. The van der Waals surface area contributed by atoms with Gasteiger partial charge in [-0.3, -0.25) is 4.79 Å². The van der Waals surface area contributed by atoms with Crippen molar-refractivity contribution in [1.29, 1.82) is 0 Å². The number of amides is 1. The molecule has 1 amide bonds. The van der Waals surface area contributed by atoms with Crippen molar-refractivity contribution in [3.8, 4) is 0 Å². The first kappa shape index (κ1) is 18.4. The number of nitrogens with two attached hydrogens (primary N) is 1. The Kier molecular flexibility index (Phi) is 5.08. The third-order valence-corrected chi connectivity index (χ3v) is 4.98. The quantitative estimate of drug-likeness (QED) is 0.403. The summed E-state index contributed by atoms with van der Waals surface area (Å²) in [5.41, 5.74) is 8.63. The Bertz CT molecular complexity index is 1020. The van der Waals surface area contributed by atoms with Crippen molar-refractivity contribution >= 4 is 12.0 Å². The highest BCUT2D eigenvalue weighted by Gasteiger charge is 2.38. The molecule has 0 aliphatic rings. The second-order valence-corrected chi connectivity index (χ2v) is 6.75. The minimum absolute atomic E-state index is 0.500. The van der Waals surface area contributed by atoms with E-state index in [1.54, 1.807) is 12.4 Å². The lowest BCUT2D eigenvalue weighted by Gasteiger charge is -2.37. The summed E-state index contributed by atoms with van der Waals surface area (Å²) < 4.78 is 2.09. The Morgan fingerprint density at radius 3 is 1.66 bits per heavy atom. The van der Waals surface area contributed by atoms with Crippen LogP contribution in [0.5, 0.6) is 0 Å². The van der Waals surface area contributed by atoms with E-state index >= 15 is 0 Å². The van der Waals surface area contributed by atoms with Gasteiger partial charge in [-0.1, -0.05) is 91.0 Å². The minimum atomic E-state index is -0.615. The van der Waals surface area contributed by atoms with Crippen LogP contribution >= 0.6 is 0 Å². The van der Waals surface area contributed by atoms with Crippen LogP contribution in [0.2, 0.25) is 0 Å². The van der Waals surface area contributed by atoms with Gasteiger partial charge in [-0.25, -0.2) is 4.98 Å². The van der Waals surface area contributed by atoms with E-state index in [1.807, 2.05) is 60.8 Å². The number of aromatic nitrogens is 2. The number of carbonyl (C=O) groups is 1. The number of rotatable bonds is 6. The third kappa shape index (κ3) is 3.48. The normalized spacial score (nSPS) is 11.6. The summed E-state index contributed by atoms with van der Waals surface area (Å²) in [4.78, 5) is 15.6. The fourth-order valence-corrected chi connectivity index (χ4v) is 3.76. The van der Waals surface area contributed by atoms with E-state index in [4.69, 9.17) is 5.73 Å². The van der Waals surface area contributed by atoms with Crippen molar-refractivity contribution in [3.05, 3.63) is 132 Å². The zero-order chi connectivity index (χ0) is 20.1. The molecule has 0 bridgehead atoms. The van der Waals surface area contributed by atoms with Gasteiger partial charge in [-0.15, -0.1) is 0 Å². The average molecular weight is 379 g/mol. The molecular weight excluding hydrogens is 358 g/mol. The predicted octanol–water partition coefficient (Wildman–Crippen LogP) is 4.22. The first-order valence-electron chi connectivity index (χ1n) is 9.40. The second kappa shape index (κ2) is 7.98. The van der Waals surface area contributed by atoms with Crippen LogP contribution in [-0.2, 0) is 10.3 Å². The van der Waals surface area contributed by atoms with Crippen LogP contribution < -0.4 is 5.73 Å². The maximum absolute atomic E-state index is 11.1. The highest BCUT2D eigenvalue weighted by molar-refractivity contribution is 5.89. The summed E-state index contributed by atoms with van der Waals surface area (Å²) in [6.07, 6.45) is 6.69. The zero-order valence-electron chi connectivity index (χ0n) is 15.8. The van der Waals surface area contributed by atoms with Gasteiger partial charge in [-0.2, -0.15) is 0 Å². The molecule has 0 aliphatic carbocycles. The highest BCUT2D eigenvalue weighted by Crippen LogP contribution is 2.40. The molecule has 4 aromatic rings. The summed E-state index contributed by atoms with van der Waals surface area (Å²) >= 11 is 0. The first-order valence-corrected chi connectivity index (χ1v) is 9.40. The molecule has 0 spiro atoms. The molecule has 3 aromatic carbocycles. The van der Waals surface area contributed by atoms with Gasteiger partial charge in [-0.05, 0) is 22.8 Å². The summed E-state index contributed by atoms with van der Waals surface area (Å²) in [7, 11) is 0. The fourth-order valence-electron chi connectivity index (χ4n) is 3.76. The number of nitrogens with zero attached hydrogens (tertiary/aromatic N) is 2. The van der Waals surface area contributed by atoms with Crippen molar-refractivity contribution < 1.29 is 4.79 Å². The average Bonchev–Trinajstić information content (AvgIpc) is 3.24. The van der Waals surface area contributed by atoms with E-state index in [1.165, 1.54) is 6.08 Å². The summed E-state index contributed by atoms with van der Waals surface area (Å²) in [6.45, 7) is 0. The predicted molar refractivity (Wildman–Crippen MR) is 115 cm³/mol. The second-order valence-electron chi connectivity index (χ2n) is 6.75. The zero-order valence-corrected chi connectivity index (χ0v) is 15.8. The van der Waals surface area contributed by atoms with Gasteiger partial charge in [0.1, 0.15) is 5.54 Å². The Hall–Kier alpha value is -3.92. The van der Waals surface area contributed by atoms with Gasteiger partial charge < -0.3 is 10.3 Å². The molecule has 142 valence electrons. The van der Waals surface area contributed by atoms with Crippen molar-refractivity contribution in [2.24, 2.45) is 5.73 Å². The summed E-state index contributed by atoms with van der Waals surface area (Å²) in [5.74, 6) is -0.500. The van der Waals surface area contributed by atoms with Crippen molar-refractivity contribution in [3.63, 3.8) is 0 Å². The molecule has 0 aliphatic heterocycles. The lowest BCUT2D eigenvalue weighted by atomic mass is 9.77. The SMILES string of the molecule is NC(=O)/C=C\c1cn(C(c2ccccc2)(c2ccccc2)c2ccccc2)cn1. The fraction of sp³-hybridized carbons (Fsp3) is 0.0400. The number of hydrogen-bond acceptors (Lipinski definition) is 2. The van der Waals surface area contributed by atoms with E-state index in [0.29, 0.717) is 5.69 Å². The van der Waals surface area contributed by atoms with Crippen molar-refractivity contribution in [2.45, 2.75) is 5.54 Å². The molecule has 1 aromatic heterocycles. The highest BCUT2D eigenvalue weighted by atomic mass is 16.1. The van der Waals surface area contributed by atoms with Crippen LogP contribution in [0.15, 0.2) is 110 Å². The molecule has 1 heterocycles.